The van der Waals surface area contributed by atoms with Crippen LogP contribution in [-0.4, -0.2) is 47.4 Å². The molecule has 3 N–H and O–H groups in total. The van der Waals surface area contributed by atoms with Crippen LogP contribution in [0.2, 0.25) is 0 Å². The van der Waals surface area contributed by atoms with Crippen molar-refractivity contribution in [2.75, 3.05) is 13.2 Å². The minimum absolute atomic E-state index is 0.0136. The van der Waals surface area contributed by atoms with Crippen LogP contribution < -0.4 is 5.32 Å². The molecule has 0 spiro atoms. The van der Waals surface area contributed by atoms with E-state index in [9.17, 15) is 19.8 Å². The minimum Gasteiger partial charge on any atom is -0.466 e. The molecule has 0 saturated carbocycles. The summed E-state index contributed by atoms with van der Waals surface area (Å²) in [5, 5.41) is 23.2. The summed E-state index contributed by atoms with van der Waals surface area (Å²) in [5.41, 5.74) is 0. The molecule has 0 aliphatic carbocycles. The van der Waals surface area contributed by atoms with Crippen molar-refractivity contribution < 1.29 is 24.5 Å². The lowest BCUT2D eigenvalue weighted by Gasteiger charge is -2.22. The van der Waals surface area contributed by atoms with Crippen LogP contribution in [-0.2, 0) is 14.3 Å². The smallest absolute Gasteiger partial charge is 0.305 e. The molecule has 2 atom stereocenters. The lowest BCUT2D eigenvalue weighted by atomic mass is 10.0. The number of carbonyl (C=O) groups is 2. The van der Waals surface area contributed by atoms with Gasteiger partial charge in [-0.05, 0) is 25.7 Å². The number of aliphatic hydroxyl groups excluding tert-OH is 2. The Balaban J connectivity index is 3.47. The zero-order valence-corrected chi connectivity index (χ0v) is 35.8. The van der Waals surface area contributed by atoms with Crippen LogP contribution in [0.15, 0.2) is 0 Å². The third-order valence-electron chi connectivity index (χ3n) is 11.2. The number of ether oxygens (including phenoxy) is 1. The van der Waals surface area contributed by atoms with Crippen molar-refractivity contribution in [2.24, 2.45) is 0 Å². The van der Waals surface area contributed by atoms with E-state index in [1.807, 2.05) is 0 Å². The SMILES string of the molecule is CCCCCCCCCCCCCCCCC(O)C(CO)NC(=O)CCCCCCCCCCCCCOC(=O)CCCCCCCCCCCCC. The molecule has 0 bridgehead atoms. The number of amides is 1. The van der Waals surface area contributed by atoms with Crippen molar-refractivity contribution in [1.29, 1.82) is 0 Å². The Morgan fingerprint density at radius 1 is 0.453 bits per heavy atom. The summed E-state index contributed by atoms with van der Waals surface area (Å²) in [6.45, 7) is 4.91. The Kier molecular flexibility index (Phi) is 42.6. The number of unbranched alkanes of at least 4 members (excludes halogenated alkanes) is 33. The van der Waals surface area contributed by atoms with Crippen LogP contribution in [0.5, 0.6) is 0 Å². The van der Waals surface area contributed by atoms with Gasteiger partial charge in [0, 0.05) is 12.8 Å². The molecule has 0 fully saturated rings. The third kappa shape index (κ3) is 40.3. The lowest BCUT2D eigenvalue weighted by molar-refractivity contribution is -0.143. The maximum Gasteiger partial charge on any atom is 0.305 e. The molecule has 2 unspecified atom stereocenters. The Bertz CT molecular complexity index is 746. The Morgan fingerprint density at radius 3 is 1.15 bits per heavy atom. The largest absolute Gasteiger partial charge is 0.466 e. The quantitative estimate of drug-likeness (QED) is 0.0425. The van der Waals surface area contributed by atoms with Gasteiger partial charge in [-0.25, -0.2) is 0 Å². The predicted octanol–water partition coefficient (Wildman–Crippen LogP) is 13.6. The van der Waals surface area contributed by atoms with Gasteiger partial charge in [-0.1, -0.05) is 226 Å². The lowest BCUT2D eigenvalue weighted by Crippen LogP contribution is -2.45. The third-order valence-corrected chi connectivity index (χ3v) is 11.2. The minimum atomic E-state index is -0.673. The van der Waals surface area contributed by atoms with Crippen LogP contribution in [0.4, 0.5) is 0 Å². The van der Waals surface area contributed by atoms with E-state index in [0.717, 1.165) is 57.8 Å². The van der Waals surface area contributed by atoms with Gasteiger partial charge in [-0.15, -0.1) is 0 Å². The molecule has 0 rings (SSSR count). The standard InChI is InChI=1S/C47H93NO5/c1-3-5-7-9-11-13-15-16-17-20-23-27-31-35-39-45(50)44(43-49)48-46(51)40-36-32-28-24-21-18-22-26-30-34-38-42-53-47(52)41-37-33-29-25-19-14-12-10-8-6-4-2/h44-45,49-50H,3-43H2,1-2H3,(H,48,51). The molecule has 0 aromatic heterocycles. The maximum absolute atomic E-state index is 12.4. The molecule has 6 heteroatoms. The molecule has 0 aromatic rings. The van der Waals surface area contributed by atoms with E-state index in [1.165, 1.54) is 173 Å². The van der Waals surface area contributed by atoms with Crippen molar-refractivity contribution in [1.82, 2.24) is 5.32 Å². The average Bonchev–Trinajstić information content (AvgIpc) is 3.16. The molecule has 0 aliphatic heterocycles. The molecule has 0 saturated heterocycles. The zero-order chi connectivity index (χ0) is 38.7. The van der Waals surface area contributed by atoms with Crippen molar-refractivity contribution in [3.63, 3.8) is 0 Å². The summed E-state index contributed by atoms with van der Waals surface area (Å²) in [6, 6.07) is -0.552. The first-order valence-corrected chi connectivity index (χ1v) is 23.8. The van der Waals surface area contributed by atoms with Gasteiger partial charge in [0.05, 0.1) is 25.4 Å². The molecule has 1 amide bonds. The van der Waals surface area contributed by atoms with E-state index >= 15 is 0 Å². The van der Waals surface area contributed by atoms with E-state index in [0.29, 0.717) is 25.9 Å². The van der Waals surface area contributed by atoms with Gasteiger partial charge in [0.2, 0.25) is 5.91 Å². The Morgan fingerprint density at radius 2 is 0.774 bits per heavy atom. The Hall–Kier alpha value is -1.14. The number of hydrogen-bond acceptors (Lipinski definition) is 5. The molecule has 0 radical (unpaired) electrons. The average molecular weight is 752 g/mol. The van der Waals surface area contributed by atoms with Crippen molar-refractivity contribution in [3.8, 4) is 0 Å². The topological polar surface area (TPSA) is 95.9 Å². The fourth-order valence-corrected chi connectivity index (χ4v) is 7.46. The summed E-state index contributed by atoms with van der Waals surface area (Å²) >= 11 is 0. The van der Waals surface area contributed by atoms with Gasteiger partial charge in [-0.3, -0.25) is 9.59 Å². The molecule has 0 heterocycles. The monoisotopic (exact) mass is 752 g/mol. The highest BCUT2D eigenvalue weighted by Gasteiger charge is 2.20. The van der Waals surface area contributed by atoms with Crippen molar-refractivity contribution in [2.45, 2.75) is 276 Å². The van der Waals surface area contributed by atoms with E-state index in [-0.39, 0.29) is 18.5 Å². The molecule has 53 heavy (non-hydrogen) atoms. The van der Waals surface area contributed by atoms with Crippen molar-refractivity contribution >= 4 is 11.9 Å². The van der Waals surface area contributed by atoms with Gasteiger partial charge in [0.25, 0.3) is 0 Å². The number of rotatable bonds is 44. The first-order valence-electron chi connectivity index (χ1n) is 23.8. The van der Waals surface area contributed by atoms with E-state index in [2.05, 4.69) is 19.2 Å². The number of nitrogens with one attached hydrogen (secondary N) is 1. The predicted molar refractivity (Wildman–Crippen MR) is 227 cm³/mol. The molecule has 0 aliphatic rings. The second kappa shape index (κ2) is 43.6. The fraction of sp³-hybridized carbons (Fsp3) is 0.957. The van der Waals surface area contributed by atoms with E-state index in [4.69, 9.17) is 4.74 Å². The van der Waals surface area contributed by atoms with Crippen molar-refractivity contribution in [3.05, 3.63) is 0 Å². The molecule has 0 aromatic carbocycles. The number of aliphatic hydroxyl groups is 2. The molecular formula is C47H93NO5. The van der Waals surface area contributed by atoms with Gasteiger partial charge in [0.1, 0.15) is 0 Å². The van der Waals surface area contributed by atoms with Crippen LogP contribution in [0.3, 0.4) is 0 Å². The summed E-state index contributed by atoms with van der Waals surface area (Å²) in [4.78, 5) is 24.4. The first-order chi connectivity index (χ1) is 26.0. The second-order valence-electron chi connectivity index (χ2n) is 16.5. The maximum atomic E-state index is 12.4. The van der Waals surface area contributed by atoms with E-state index in [1.54, 1.807) is 0 Å². The summed E-state index contributed by atoms with van der Waals surface area (Å²) in [6.07, 6.45) is 46.2. The van der Waals surface area contributed by atoms with Gasteiger partial charge >= 0.3 is 5.97 Å². The number of hydrogen-bond donors (Lipinski definition) is 3. The highest BCUT2D eigenvalue weighted by molar-refractivity contribution is 5.76. The van der Waals surface area contributed by atoms with Gasteiger partial charge in [0.15, 0.2) is 0 Å². The highest BCUT2D eigenvalue weighted by atomic mass is 16.5. The van der Waals surface area contributed by atoms with Gasteiger partial charge in [-0.2, -0.15) is 0 Å². The summed E-state index contributed by atoms with van der Waals surface area (Å²) < 4.78 is 5.43. The van der Waals surface area contributed by atoms with E-state index < -0.39 is 12.1 Å². The molecular weight excluding hydrogens is 659 g/mol. The Labute approximate surface area is 330 Å². The number of carbonyl (C=O) groups excluding carboxylic acids is 2. The number of esters is 1. The zero-order valence-electron chi connectivity index (χ0n) is 35.8. The fourth-order valence-electron chi connectivity index (χ4n) is 7.46. The molecule has 6 nitrogen and oxygen atoms in total. The highest BCUT2D eigenvalue weighted by Crippen LogP contribution is 2.16. The summed E-state index contributed by atoms with van der Waals surface area (Å²) in [5.74, 6) is -0.0662. The van der Waals surface area contributed by atoms with Crippen LogP contribution in [0, 0.1) is 0 Å². The first kappa shape index (κ1) is 51.9. The normalized spacial score (nSPS) is 12.6. The molecule has 316 valence electrons. The second-order valence-corrected chi connectivity index (χ2v) is 16.5. The van der Waals surface area contributed by atoms with Crippen LogP contribution >= 0.6 is 0 Å². The van der Waals surface area contributed by atoms with Crippen LogP contribution in [0.25, 0.3) is 0 Å². The van der Waals surface area contributed by atoms with Crippen LogP contribution in [0.1, 0.15) is 264 Å². The summed E-state index contributed by atoms with van der Waals surface area (Å²) in [7, 11) is 0. The van der Waals surface area contributed by atoms with Gasteiger partial charge < -0.3 is 20.3 Å².